The van der Waals surface area contributed by atoms with Crippen LogP contribution in [0.3, 0.4) is 0 Å². The molecule has 0 radical (unpaired) electrons. The zero-order chi connectivity index (χ0) is 34.0. The highest BCUT2D eigenvalue weighted by atomic mass is 16.5. The normalized spacial score (nSPS) is 13.7. The van der Waals surface area contributed by atoms with E-state index >= 15 is 0 Å². The third kappa shape index (κ3) is 3.59. The summed E-state index contributed by atoms with van der Waals surface area (Å²) in [7, 11) is 0. The molecular weight excluding hydrogens is 637 g/mol. The molecule has 0 unspecified atom stereocenters. The summed E-state index contributed by atoms with van der Waals surface area (Å²) in [6.07, 6.45) is 0. The van der Waals surface area contributed by atoms with Crippen molar-refractivity contribution in [2.75, 3.05) is 0 Å². The SMILES string of the molecule is c1ccc2c(c1)Oc1cc(-c3ccc4c(c3)oc3cc(-c5cccc6c5oc5ccccc56)ccc34)ccc1C21c2ccccc2-c2ccccc21. The molecule has 52 heavy (non-hydrogen) atoms. The van der Waals surface area contributed by atoms with E-state index in [0.717, 1.165) is 83.2 Å². The van der Waals surface area contributed by atoms with Crippen molar-refractivity contribution in [3.05, 3.63) is 192 Å². The van der Waals surface area contributed by atoms with Gasteiger partial charge in [0.2, 0.25) is 0 Å². The fourth-order valence-electron chi connectivity index (χ4n) is 9.14. The number of rotatable bonds is 2. The molecule has 3 heteroatoms. The number of ether oxygens (including phenoxy) is 1. The van der Waals surface area contributed by atoms with E-state index in [4.69, 9.17) is 13.6 Å². The smallest absolute Gasteiger partial charge is 0.143 e. The van der Waals surface area contributed by atoms with Crippen LogP contribution in [-0.2, 0) is 5.41 Å². The van der Waals surface area contributed by atoms with Gasteiger partial charge in [-0.25, -0.2) is 0 Å². The van der Waals surface area contributed by atoms with Crippen molar-refractivity contribution in [2.24, 2.45) is 0 Å². The van der Waals surface area contributed by atoms with E-state index < -0.39 is 5.41 Å². The fourth-order valence-corrected chi connectivity index (χ4v) is 9.14. The number of hydrogen-bond donors (Lipinski definition) is 0. The van der Waals surface area contributed by atoms with E-state index in [1.807, 2.05) is 12.1 Å². The summed E-state index contributed by atoms with van der Waals surface area (Å²) >= 11 is 0. The third-order valence-electron chi connectivity index (χ3n) is 11.4. The molecule has 1 aliphatic heterocycles. The molecule has 0 atom stereocenters. The molecule has 0 saturated heterocycles. The Kier molecular flexibility index (Phi) is 5.43. The number of fused-ring (bicyclic) bond motifs is 15. The van der Waals surface area contributed by atoms with Crippen molar-refractivity contribution in [3.8, 4) is 44.9 Å². The minimum Gasteiger partial charge on any atom is -0.457 e. The van der Waals surface area contributed by atoms with Crippen molar-refractivity contribution in [3.63, 3.8) is 0 Å². The maximum Gasteiger partial charge on any atom is 0.143 e. The molecule has 1 aliphatic carbocycles. The average molecular weight is 665 g/mol. The van der Waals surface area contributed by atoms with E-state index in [1.165, 1.54) is 27.8 Å². The van der Waals surface area contributed by atoms with Crippen molar-refractivity contribution >= 4 is 43.9 Å². The predicted molar refractivity (Wildman–Crippen MR) is 209 cm³/mol. The largest absolute Gasteiger partial charge is 0.457 e. The lowest BCUT2D eigenvalue weighted by Crippen LogP contribution is -2.32. The molecular formula is C49H28O3. The zero-order valence-corrected chi connectivity index (χ0v) is 27.9. The molecule has 1 spiro atoms. The fraction of sp³-hybridized carbons (Fsp3) is 0.0204. The summed E-state index contributed by atoms with van der Waals surface area (Å²) in [6.45, 7) is 0. The quantitative estimate of drug-likeness (QED) is 0.184. The van der Waals surface area contributed by atoms with Gasteiger partial charge in [0.1, 0.15) is 33.8 Å². The Morgan fingerprint density at radius 1 is 0.327 bits per heavy atom. The van der Waals surface area contributed by atoms with Crippen LogP contribution in [0.1, 0.15) is 22.3 Å². The molecule has 0 saturated carbocycles. The van der Waals surface area contributed by atoms with Gasteiger partial charge in [0.15, 0.2) is 0 Å². The van der Waals surface area contributed by atoms with Gasteiger partial charge in [0, 0.05) is 38.2 Å². The number of para-hydroxylation sites is 3. The Hall–Kier alpha value is -6.84. The molecule has 12 rings (SSSR count). The Balaban J connectivity index is 0.991. The van der Waals surface area contributed by atoms with E-state index in [9.17, 15) is 0 Å². The molecule has 0 fully saturated rings. The summed E-state index contributed by atoms with van der Waals surface area (Å²) in [5.41, 5.74) is 14.8. The van der Waals surface area contributed by atoms with Crippen molar-refractivity contribution in [2.45, 2.75) is 5.41 Å². The highest BCUT2D eigenvalue weighted by Crippen LogP contribution is 2.62. The lowest BCUT2D eigenvalue weighted by Gasteiger charge is -2.39. The zero-order valence-electron chi connectivity index (χ0n) is 27.9. The first kappa shape index (κ1) is 27.9. The molecule has 0 bridgehead atoms. The molecule has 10 aromatic rings. The highest BCUT2D eigenvalue weighted by Gasteiger charge is 2.50. The van der Waals surface area contributed by atoms with Crippen LogP contribution in [0.15, 0.2) is 179 Å². The molecule has 3 heterocycles. The van der Waals surface area contributed by atoms with Crippen LogP contribution in [0.5, 0.6) is 11.5 Å². The number of hydrogen-bond acceptors (Lipinski definition) is 3. The highest BCUT2D eigenvalue weighted by molar-refractivity contribution is 6.11. The minimum absolute atomic E-state index is 0.469. The van der Waals surface area contributed by atoms with Crippen LogP contribution < -0.4 is 4.74 Å². The lowest BCUT2D eigenvalue weighted by molar-refractivity contribution is 0.436. The molecule has 3 nitrogen and oxygen atoms in total. The Morgan fingerprint density at radius 2 is 0.885 bits per heavy atom. The number of benzene rings is 8. The first-order valence-electron chi connectivity index (χ1n) is 17.7. The van der Waals surface area contributed by atoms with Crippen LogP contribution >= 0.6 is 0 Å². The van der Waals surface area contributed by atoms with Crippen LogP contribution in [-0.4, -0.2) is 0 Å². The summed E-state index contributed by atoms with van der Waals surface area (Å²) in [5.74, 6) is 1.76. The topological polar surface area (TPSA) is 35.5 Å². The third-order valence-corrected chi connectivity index (χ3v) is 11.4. The van der Waals surface area contributed by atoms with Gasteiger partial charge in [-0.15, -0.1) is 0 Å². The van der Waals surface area contributed by atoms with Crippen molar-refractivity contribution in [1.82, 2.24) is 0 Å². The Labute approximate surface area is 298 Å². The summed E-state index contributed by atoms with van der Waals surface area (Å²) in [4.78, 5) is 0. The summed E-state index contributed by atoms with van der Waals surface area (Å²) in [6, 6.07) is 60.4. The van der Waals surface area contributed by atoms with Gasteiger partial charge >= 0.3 is 0 Å². The second-order valence-corrected chi connectivity index (χ2v) is 14.0. The average Bonchev–Trinajstić information content (AvgIpc) is 3.86. The molecule has 2 aliphatic rings. The lowest BCUT2D eigenvalue weighted by atomic mass is 9.66. The van der Waals surface area contributed by atoms with Crippen molar-refractivity contribution < 1.29 is 13.6 Å². The van der Waals surface area contributed by atoms with E-state index in [2.05, 4.69) is 158 Å². The van der Waals surface area contributed by atoms with Crippen LogP contribution in [0, 0.1) is 0 Å². The van der Waals surface area contributed by atoms with Gasteiger partial charge in [0.05, 0.1) is 5.41 Å². The molecule has 0 amide bonds. The first-order valence-corrected chi connectivity index (χ1v) is 17.7. The maximum absolute atomic E-state index is 6.77. The molecule has 8 aromatic carbocycles. The van der Waals surface area contributed by atoms with E-state index in [-0.39, 0.29) is 0 Å². The monoisotopic (exact) mass is 664 g/mol. The standard InChI is InChI=1S/C49H28O3/c1-4-15-39-33(10-1)34-11-2-5-16-40(34)49(39)41-17-6-8-19-44(41)50-47-27-30(22-25-42(47)49)29-20-23-36-37-24-21-31(28-46(37)51-45(36)26-29)32-13-9-14-38-35-12-3-7-18-43(35)52-48(32)38/h1-28H. The van der Waals surface area contributed by atoms with Gasteiger partial charge < -0.3 is 13.6 Å². The van der Waals surface area contributed by atoms with Gasteiger partial charge in [-0.3, -0.25) is 0 Å². The number of furan rings is 2. The van der Waals surface area contributed by atoms with E-state index in [0.29, 0.717) is 0 Å². The molecule has 2 aromatic heterocycles. The van der Waals surface area contributed by atoms with Gasteiger partial charge in [-0.05, 0) is 81.4 Å². The Morgan fingerprint density at radius 3 is 1.69 bits per heavy atom. The first-order chi connectivity index (χ1) is 25.8. The Bertz CT molecular complexity index is 3070. The second-order valence-electron chi connectivity index (χ2n) is 14.0. The van der Waals surface area contributed by atoms with Gasteiger partial charge in [0.25, 0.3) is 0 Å². The van der Waals surface area contributed by atoms with Crippen molar-refractivity contribution in [1.29, 1.82) is 0 Å². The summed E-state index contributed by atoms with van der Waals surface area (Å²) in [5, 5.41) is 4.43. The minimum atomic E-state index is -0.469. The summed E-state index contributed by atoms with van der Waals surface area (Å²) < 4.78 is 19.7. The maximum atomic E-state index is 6.77. The molecule has 242 valence electrons. The van der Waals surface area contributed by atoms with E-state index in [1.54, 1.807) is 0 Å². The van der Waals surface area contributed by atoms with Gasteiger partial charge in [-0.2, -0.15) is 0 Å². The van der Waals surface area contributed by atoms with Crippen LogP contribution in [0.4, 0.5) is 0 Å². The predicted octanol–water partition coefficient (Wildman–Crippen LogP) is 13.3. The molecule has 0 N–H and O–H groups in total. The second kappa shape index (κ2) is 10.1. The van der Waals surface area contributed by atoms with Crippen LogP contribution in [0.25, 0.3) is 77.3 Å². The van der Waals surface area contributed by atoms with Gasteiger partial charge in [-0.1, -0.05) is 127 Å². The van der Waals surface area contributed by atoms with Crippen LogP contribution in [0.2, 0.25) is 0 Å².